The lowest BCUT2D eigenvalue weighted by Gasteiger charge is -2.14. The standard InChI is InChI=1S/C24H24N4O4/c1-15-7-5-6-8-19(15)26-27-22-16(2)18(14-25)23(29)28(24(22)30)12-11-17-9-10-20(31-3)21(13-17)32-4/h5-10,13,29H,11-12H2,1-4H3. The molecule has 0 fully saturated rings. The molecule has 0 aliphatic heterocycles. The van der Waals surface area contributed by atoms with Crippen LogP contribution in [0.1, 0.15) is 22.3 Å². The summed E-state index contributed by atoms with van der Waals surface area (Å²) < 4.78 is 11.7. The molecule has 0 atom stereocenters. The van der Waals surface area contributed by atoms with Gasteiger partial charge in [-0.05, 0) is 49.6 Å². The van der Waals surface area contributed by atoms with Crippen molar-refractivity contribution in [2.24, 2.45) is 10.2 Å². The van der Waals surface area contributed by atoms with Crippen LogP contribution in [0.5, 0.6) is 17.4 Å². The summed E-state index contributed by atoms with van der Waals surface area (Å²) in [6, 6.07) is 14.8. The molecule has 0 bridgehead atoms. The molecular weight excluding hydrogens is 408 g/mol. The van der Waals surface area contributed by atoms with E-state index in [0.717, 1.165) is 15.7 Å². The minimum Gasteiger partial charge on any atom is -0.493 e. The van der Waals surface area contributed by atoms with Crippen LogP contribution in [0, 0.1) is 25.2 Å². The topological polar surface area (TPSA) is 109 Å². The lowest BCUT2D eigenvalue weighted by Crippen LogP contribution is -2.23. The first-order valence-electron chi connectivity index (χ1n) is 9.96. The maximum atomic E-state index is 13.1. The zero-order valence-corrected chi connectivity index (χ0v) is 18.4. The summed E-state index contributed by atoms with van der Waals surface area (Å²) in [5.74, 6) is 0.776. The largest absolute Gasteiger partial charge is 0.493 e. The van der Waals surface area contributed by atoms with Crippen molar-refractivity contribution < 1.29 is 14.6 Å². The van der Waals surface area contributed by atoms with E-state index in [-0.39, 0.29) is 29.2 Å². The molecule has 2 aromatic carbocycles. The van der Waals surface area contributed by atoms with Gasteiger partial charge in [0.25, 0.3) is 5.56 Å². The van der Waals surface area contributed by atoms with Crippen LogP contribution in [0.3, 0.4) is 0 Å². The molecule has 0 unspecified atom stereocenters. The Morgan fingerprint density at radius 2 is 1.78 bits per heavy atom. The van der Waals surface area contributed by atoms with Gasteiger partial charge in [0.05, 0.1) is 19.9 Å². The molecule has 8 heteroatoms. The second kappa shape index (κ2) is 9.79. The number of benzene rings is 2. The van der Waals surface area contributed by atoms with Crippen LogP contribution in [-0.2, 0) is 13.0 Å². The Kier molecular flexibility index (Phi) is 6.90. The van der Waals surface area contributed by atoms with Crippen LogP contribution in [0.15, 0.2) is 57.5 Å². The van der Waals surface area contributed by atoms with Gasteiger partial charge < -0.3 is 14.6 Å². The summed E-state index contributed by atoms with van der Waals surface area (Å²) in [4.78, 5) is 13.1. The van der Waals surface area contributed by atoms with Crippen molar-refractivity contribution >= 4 is 11.4 Å². The molecule has 32 heavy (non-hydrogen) atoms. The van der Waals surface area contributed by atoms with Crippen molar-refractivity contribution in [2.45, 2.75) is 26.8 Å². The number of hydrogen-bond donors (Lipinski definition) is 1. The Labute approximate surface area is 186 Å². The van der Waals surface area contributed by atoms with Crippen molar-refractivity contribution in [3.05, 3.63) is 75.1 Å². The minimum atomic E-state index is -0.517. The third kappa shape index (κ3) is 4.47. The van der Waals surface area contributed by atoms with Crippen molar-refractivity contribution in [3.8, 4) is 23.4 Å². The zero-order valence-electron chi connectivity index (χ0n) is 18.4. The van der Waals surface area contributed by atoms with E-state index in [4.69, 9.17) is 9.47 Å². The normalized spacial score (nSPS) is 10.8. The lowest BCUT2D eigenvalue weighted by atomic mass is 10.1. The third-order valence-corrected chi connectivity index (χ3v) is 5.21. The number of pyridine rings is 1. The highest BCUT2D eigenvalue weighted by Crippen LogP contribution is 2.30. The highest BCUT2D eigenvalue weighted by Gasteiger charge is 2.19. The van der Waals surface area contributed by atoms with E-state index < -0.39 is 5.56 Å². The van der Waals surface area contributed by atoms with Gasteiger partial charge in [-0.2, -0.15) is 10.4 Å². The van der Waals surface area contributed by atoms with Crippen LogP contribution in [0.25, 0.3) is 0 Å². The molecule has 0 saturated carbocycles. The second-order valence-corrected chi connectivity index (χ2v) is 7.17. The quantitative estimate of drug-likeness (QED) is 0.544. The van der Waals surface area contributed by atoms with Gasteiger partial charge in [-0.1, -0.05) is 24.3 Å². The molecule has 164 valence electrons. The fourth-order valence-corrected chi connectivity index (χ4v) is 3.32. The van der Waals surface area contributed by atoms with Gasteiger partial charge >= 0.3 is 0 Å². The molecular formula is C24H24N4O4. The average molecular weight is 432 g/mol. The number of azo groups is 1. The Bertz CT molecular complexity index is 1270. The maximum absolute atomic E-state index is 13.1. The fraction of sp³-hybridized carbons (Fsp3) is 0.250. The molecule has 0 spiro atoms. The van der Waals surface area contributed by atoms with Crippen LogP contribution >= 0.6 is 0 Å². The van der Waals surface area contributed by atoms with Crippen molar-refractivity contribution in [1.29, 1.82) is 5.26 Å². The molecule has 3 aromatic rings. The smallest absolute Gasteiger partial charge is 0.281 e. The number of aromatic hydroxyl groups is 1. The minimum absolute atomic E-state index is 0.00403. The van der Waals surface area contributed by atoms with E-state index in [0.29, 0.717) is 23.6 Å². The number of nitriles is 1. The third-order valence-electron chi connectivity index (χ3n) is 5.21. The lowest BCUT2D eigenvalue weighted by molar-refractivity contribution is 0.354. The molecule has 0 radical (unpaired) electrons. The Morgan fingerprint density at radius 1 is 1.06 bits per heavy atom. The number of aryl methyl sites for hydroxylation is 2. The van der Waals surface area contributed by atoms with E-state index in [1.807, 2.05) is 37.3 Å². The number of methoxy groups -OCH3 is 2. The van der Waals surface area contributed by atoms with E-state index in [2.05, 4.69) is 10.2 Å². The fourth-order valence-electron chi connectivity index (χ4n) is 3.32. The summed E-state index contributed by atoms with van der Waals surface area (Å²) in [6.07, 6.45) is 0.413. The van der Waals surface area contributed by atoms with Gasteiger partial charge in [0.15, 0.2) is 17.2 Å². The van der Waals surface area contributed by atoms with Crippen molar-refractivity contribution in [3.63, 3.8) is 0 Å². The van der Waals surface area contributed by atoms with E-state index in [9.17, 15) is 15.2 Å². The van der Waals surface area contributed by atoms with E-state index in [1.54, 1.807) is 39.3 Å². The molecule has 0 aliphatic carbocycles. The van der Waals surface area contributed by atoms with Gasteiger partial charge in [-0.25, -0.2) is 0 Å². The Hall–Kier alpha value is -4.12. The van der Waals surface area contributed by atoms with E-state index in [1.165, 1.54) is 0 Å². The van der Waals surface area contributed by atoms with Crippen LogP contribution in [-0.4, -0.2) is 23.9 Å². The Morgan fingerprint density at radius 3 is 2.44 bits per heavy atom. The van der Waals surface area contributed by atoms with Crippen LogP contribution in [0.4, 0.5) is 11.4 Å². The first-order valence-corrected chi connectivity index (χ1v) is 9.96. The number of ether oxygens (including phenoxy) is 2. The molecule has 8 nitrogen and oxygen atoms in total. The molecule has 3 rings (SSSR count). The molecule has 1 aromatic heterocycles. The van der Waals surface area contributed by atoms with Gasteiger partial charge in [0.1, 0.15) is 11.6 Å². The average Bonchev–Trinajstić information content (AvgIpc) is 2.80. The second-order valence-electron chi connectivity index (χ2n) is 7.17. The highest BCUT2D eigenvalue weighted by atomic mass is 16.5. The molecule has 0 saturated heterocycles. The summed E-state index contributed by atoms with van der Waals surface area (Å²) in [5.41, 5.74) is 2.19. The SMILES string of the molecule is COc1ccc(CCn2c(O)c(C#N)c(C)c(N=Nc3ccccc3C)c2=O)cc1OC. The monoisotopic (exact) mass is 432 g/mol. The number of aromatic nitrogens is 1. The van der Waals surface area contributed by atoms with Gasteiger partial charge in [-0.15, -0.1) is 5.11 Å². The summed E-state index contributed by atoms with van der Waals surface area (Å²) >= 11 is 0. The zero-order chi connectivity index (χ0) is 23.3. The Balaban J connectivity index is 2.00. The predicted octanol–water partition coefficient (Wildman–Crippen LogP) is 4.72. The predicted molar refractivity (Wildman–Crippen MR) is 120 cm³/mol. The maximum Gasteiger partial charge on any atom is 0.281 e. The number of nitrogens with zero attached hydrogens (tertiary/aromatic N) is 4. The first-order chi connectivity index (χ1) is 15.4. The van der Waals surface area contributed by atoms with Gasteiger partial charge in [-0.3, -0.25) is 9.36 Å². The first kappa shape index (κ1) is 22.6. The molecule has 1 heterocycles. The van der Waals surface area contributed by atoms with Crippen LogP contribution < -0.4 is 15.0 Å². The highest BCUT2D eigenvalue weighted by molar-refractivity contribution is 5.57. The van der Waals surface area contributed by atoms with Crippen molar-refractivity contribution in [1.82, 2.24) is 4.57 Å². The molecule has 0 amide bonds. The summed E-state index contributed by atoms with van der Waals surface area (Å²) in [5, 5.41) is 28.5. The van der Waals surface area contributed by atoms with Gasteiger partial charge in [0, 0.05) is 12.1 Å². The molecule has 0 aliphatic rings. The van der Waals surface area contributed by atoms with Gasteiger partial charge in [0.2, 0.25) is 5.88 Å². The van der Waals surface area contributed by atoms with Crippen molar-refractivity contribution in [2.75, 3.05) is 14.2 Å². The summed E-state index contributed by atoms with van der Waals surface area (Å²) in [7, 11) is 3.10. The number of rotatable bonds is 7. The summed E-state index contributed by atoms with van der Waals surface area (Å²) in [6.45, 7) is 3.60. The van der Waals surface area contributed by atoms with Crippen LogP contribution in [0.2, 0.25) is 0 Å². The van der Waals surface area contributed by atoms with E-state index >= 15 is 0 Å². The molecule has 1 N–H and O–H groups in total. The number of hydrogen-bond acceptors (Lipinski definition) is 7.